The van der Waals surface area contributed by atoms with Crippen LogP contribution in [0.3, 0.4) is 0 Å². The molecule has 0 atom stereocenters. The van der Waals surface area contributed by atoms with Crippen LogP contribution in [-0.2, 0) is 9.59 Å². The number of aryl methyl sites for hydroxylation is 2. The summed E-state index contributed by atoms with van der Waals surface area (Å²) >= 11 is 0. The van der Waals surface area contributed by atoms with Crippen molar-refractivity contribution in [1.29, 1.82) is 0 Å². The third kappa shape index (κ3) is 7.28. The maximum absolute atomic E-state index is 12.0. The highest BCUT2D eigenvalue weighted by Gasteiger charge is 2.08. The van der Waals surface area contributed by atoms with E-state index >= 15 is 0 Å². The molecule has 0 heterocycles. The molecule has 0 saturated heterocycles. The molecule has 0 fully saturated rings. The summed E-state index contributed by atoms with van der Waals surface area (Å²) < 4.78 is 0. The predicted octanol–water partition coefficient (Wildman–Crippen LogP) is 4.23. The second-order valence-corrected chi connectivity index (χ2v) is 6.40. The third-order valence-electron chi connectivity index (χ3n) is 3.91. The summed E-state index contributed by atoms with van der Waals surface area (Å²) in [6.45, 7) is 5.74. The quantitative estimate of drug-likeness (QED) is 0.571. The Labute approximate surface area is 160 Å². The largest absolute Gasteiger partial charge is 0.326 e. The zero-order valence-corrected chi connectivity index (χ0v) is 16.0. The van der Waals surface area contributed by atoms with Crippen molar-refractivity contribution < 1.29 is 9.59 Å². The number of benzene rings is 2. The number of nitrogens with zero attached hydrogens (tertiary/aromatic N) is 1. The van der Waals surface area contributed by atoms with Crippen LogP contribution in [0, 0.1) is 13.8 Å². The lowest BCUT2D eigenvalue weighted by Crippen LogP contribution is -2.21. The molecule has 2 N–H and O–H groups in total. The molecule has 0 saturated carbocycles. The average Bonchev–Trinajstić information content (AvgIpc) is 2.66. The molecule has 140 valence electrons. The molecule has 0 radical (unpaired) electrons. The van der Waals surface area contributed by atoms with Gasteiger partial charge in [-0.15, -0.1) is 0 Å². The van der Waals surface area contributed by atoms with Gasteiger partial charge in [-0.25, -0.2) is 5.43 Å². The lowest BCUT2D eigenvalue weighted by Gasteiger charge is -2.08. The molecular formula is C22H25N3O2. The first-order valence-corrected chi connectivity index (χ1v) is 8.87. The lowest BCUT2D eigenvalue weighted by atomic mass is 10.1. The van der Waals surface area contributed by atoms with Crippen LogP contribution >= 0.6 is 0 Å². The molecule has 2 amide bonds. The number of nitrogens with one attached hydrogen (secondary N) is 2. The van der Waals surface area contributed by atoms with Crippen LogP contribution in [0.1, 0.15) is 36.5 Å². The molecule has 2 aromatic carbocycles. The summed E-state index contributed by atoms with van der Waals surface area (Å²) in [6, 6.07) is 15.6. The summed E-state index contributed by atoms with van der Waals surface area (Å²) in [4.78, 5) is 23.9. The van der Waals surface area contributed by atoms with E-state index in [1.807, 2.05) is 74.5 Å². The molecule has 0 aliphatic carbocycles. The number of hydrogen-bond donors (Lipinski definition) is 2. The van der Waals surface area contributed by atoms with Crippen molar-refractivity contribution in [2.45, 2.75) is 33.6 Å². The predicted molar refractivity (Wildman–Crippen MR) is 111 cm³/mol. The fourth-order valence-corrected chi connectivity index (χ4v) is 2.42. The van der Waals surface area contributed by atoms with Crippen molar-refractivity contribution in [3.8, 4) is 0 Å². The molecule has 2 aromatic rings. The number of rotatable bonds is 7. The van der Waals surface area contributed by atoms with E-state index < -0.39 is 0 Å². The van der Waals surface area contributed by atoms with Gasteiger partial charge in [0.15, 0.2) is 0 Å². The number of anilines is 1. The molecule has 0 aliphatic heterocycles. The van der Waals surface area contributed by atoms with Gasteiger partial charge in [0.25, 0.3) is 0 Å². The SMILES string of the molecule is CC(/C=C\c1ccccc1)=N/NC(=O)CCC(=O)Nc1ccc(C)cc1C. The zero-order valence-electron chi connectivity index (χ0n) is 16.0. The van der Waals surface area contributed by atoms with Gasteiger partial charge in [0.05, 0.1) is 5.71 Å². The van der Waals surface area contributed by atoms with Gasteiger partial charge in [-0.3, -0.25) is 9.59 Å². The number of hydrazone groups is 1. The van der Waals surface area contributed by atoms with Gasteiger partial charge >= 0.3 is 0 Å². The molecule has 2 rings (SSSR count). The van der Waals surface area contributed by atoms with Gasteiger partial charge in [0.2, 0.25) is 11.8 Å². The second kappa shape index (κ2) is 10.1. The summed E-state index contributed by atoms with van der Waals surface area (Å²) in [6.07, 6.45) is 3.92. The van der Waals surface area contributed by atoms with Crippen molar-refractivity contribution >= 4 is 29.3 Å². The van der Waals surface area contributed by atoms with Gasteiger partial charge in [-0.05, 0) is 44.0 Å². The zero-order chi connectivity index (χ0) is 19.6. The highest BCUT2D eigenvalue weighted by atomic mass is 16.2. The van der Waals surface area contributed by atoms with E-state index in [-0.39, 0.29) is 24.7 Å². The first-order valence-electron chi connectivity index (χ1n) is 8.87. The Kier molecular flexibility index (Phi) is 7.49. The monoisotopic (exact) mass is 363 g/mol. The van der Waals surface area contributed by atoms with Crippen LogP contribution in [-0.4, -0.2) is 17.5 Å². The van der Waals surface area contributed by atoms with E-state index in [9.17, 15) is 9.59 Å². The van der Waals surface area contributed by atoms with E-state index in [2.05, 4.69) is 15.8 Å². The normalized spacial score (nSPS) is 11.4. The van der Waals surface area contributed by atoms with Crippen molar-refractivity contribution in [1.82, 2.24) is 5.43 Å². The number of hydrogen-bond acceptors (Lipinski definition) is 3. The van der Waals surface area contributed by atoms with E-state index in [0.717, 1.165) is 22.4 Å². The first kappa shape index (κ1) is 20.1. The Hall–Kier alpha value is -3.21. The summed E-state index contributed by atoms with van der Waals surface area (Å²) in [5.41, 5.74) is 7.11. The van der Waals surface area contributed by atoms with Crippen LogP contribution in [0.2, 0.25) is 0 Å². The minimum absolute atomic E-state index is 0.0793. The molecule has 0 aliphatic rings. The highest BCUT2D eigenvalue weighted by Crippen LogP contribution is 2.16. The van der Waals surface area contributed by atoms with Gasteiger partial charge in [0.1, 0.15) is 0 Å². The minimum Gasteiger partial charge on any atom is -0.326 e. The van der Waals surface area contributed by atoms with Crippen LogP contribution in [0.4, 0.5) is 5.69 Å². The summed E-state index contributed by atoms with van der Waals surface area (Å²) in [5.74, 6) is -0.486. The molecule has 5 heteroatoms. The van der Waals surface area contributed by atoms with Crippen LogP contribution in [0.15, 0.2) is 59.7 Å². The number of carbonyl (C=O) groups is 2. The van der Waals surface area contributed by atoms with Crippen LogP contribution in [0.25, 0.3) is 6.08 Å². The Morgan fingerprint density at radius 2 is 1.70 bits per heavy atom. The van der Waals surface area contributed by atoms with Gasteiger partial charge in [0, 0.05) is 18.5 Å². The Bertz CT molecular complexity index is 855. The minimum atomic E-state index is -0.293. The van der Waals surface area contributed by atoms with Crippen molar-refractivity contribution in [2.75, 3.05) is 5.32 Å². The molecule has 0 spiro atoms. The number of amides is 2. The Morgan fingerprint density at radius 1 is 1.00 bits per heavy atom. The maximum atomic E-state index is 12.0. The van der Waals surface area contributed by atoms with Crippen molar-refractivity contribution in [3.63, 3.8) is 0 Å². The van der Waals surface area contributed by atoms with Gasteiger partial charge in [-0.1, -0.05) is 54.1 Å². The van der Waals surface area contributed by atoms with E-state index in [1.54, 1.807) is 6.92 Å². The Balaban J connectivity index is 1.76. The average molecular weight is 363 g/mol. The van der Waals surface area contributed by atoms with Crippen LogP contribution in [0.5, 0.6) is 0 Å². The summed E-state index contributed by atoms with van der Waals surface area (Å²) in [7, 11) is 0. The van der Waals surface area contributed by atoms with Crippen molar-refractivity contribution in [2.24, 2.45) is 5.10 Å². The molecule has 0 bridgehead atoms. The van der Waals surface area contributed by atoms with Gasteiger partial charge in [-0.2, -0.15) is 5.10 Å². The first-order chi connectivity index (χ1) is 12.9. The van der Waals surface area contributed by atoms with Crippen molar-refractivity contribution in [3.05, 3.63) is 71.3 Å². The summed E-state index contributed by atoms with van der Waals surface area (Å²) in [5, 5.41) is 6.85. The lowest BCUT2D eigenvalue weighted by molar-refractivity contribution is -0.124. The molecule has 27 heavy (non-hydrogen) atoms. The fourth-order valence-electron chi connectivity index (χ4n) is 2.42. The smallest absolute Gasteiger partial charge is 0.240 e. The third-order valence-corrected chi connectivity index (χ3v) is 3.91. The maximum Gasteiger partial charge on any atom is 0.240 e. The Morgan fingerprint density at radius 3 is 2.41 bits per heavy atom. The molecule has 5 nitrogen and oxygen atoms in total. The topological polar surface area (TPSA) is 70.6 Å². The van der Waals surface area contributed by atoms with Crippen LogP contribution < -0.4 is 10.7 Å². The highest BCUT2D eigenvalue weighted by molar-refractivity contribution is 5.97. The van der Waals surface area contributed by atoms with E-state index in [4.69, 9.17) is 0 Å². The van der Waals surface area contributed by atoms with Gasteiger partial charge < -0.3 is 5.32 Å². The number of allylic oxidation sites excluding steroid dienone is 1. The van der Waals surface area contributed by atoms with E-state index in [0.29, 0.717) is 5.71 Å². The molecule has 0 unspecified atom stereocenters. The second-order valence-electron chi connectivity index (χ2n) is 6.40. The molecule has 0 aromatic heterocycles. The fraction of sp³-hybridized carbons (Fsp3) is 0.227. The standard InChI is InChI=1S/C22H25N3O2/c1-16-9-12-20(17(2)15-16)23-21(26)13-14-22(27)25-24-18(3)10-11-19-7-5-4-6-8-19/h4-12,15H,13-14H2,1-3H3,(H,23,26)(H,25,27)/b11-10-,24-18-. The molecular weight excluding hydrogens is 338 g/mol. The van der Waals surface area contributed by atoms with E-state index in [1.165, 1.54) is 0 Å². The number of carbonyl (C=O) groups excluding carboxylic acids is 2.